The summed E-state index contributed by atoms with van der Waals surface area (Å²) in [5.74, 6) is -0.282. The molecule has 0 aliphatic heterocycles. The number of hydrogen-bond donors (Lipinski definition) is 1. The van der Waals surface area contributed by atoms with Crippen molar-refractivity contribution in [3.05, 3.63) is 12.2 Å². The molecule has 3 heteroatoms. The van der Waals surface area contributed by atoms with Gasteiger partial charge in [-0.2, -0.15) is 0 Å². The minimum Gasteiger partial charge on any atom is -0.462 e. The number of hydrogen-bond acceptors (Lipinski definition) is 3. The highest BCUT2D eigenvalue weighted by Gasteiger charge is 2.01. The average Bonchev–Trinajstić information content (AvgIpc) is 2.15. The van der Waals surface area contributed by atoms with Crippen LogP contribution >= 0.6 is 0 Å². The van der Waals surface area contributed by atoms with Gasteiger partial charge in [-0.05, 0) is 32.7 Å². The Labute approximate surface area is 92.9 Å². The van der Waals surface area contributed by atoms with Gasteiger partial charge in [-0.15, -0.1) is 0 Å². The van der Waals surface area contributed by atoms with Crippen LogP contribution < -0.4 is 5.32 Å². The average molecular weight is 213 g/mol. The first-order valence-corrected chi connectivity index (χ1v) is 5.60. The molecule has 0 aromatic rings. The summed E-state index contributed by atoms with van der Waals surface area (Å²) in [5.41, 5.74) is 0.469. The SMILES string of the molecule is C=C(C)C(=O)OCCCCCNC(C)C. The lowest BCUT2D eigenvalue weighted by Gasteiger charge is -2.07. The predicted octanol–water partition coefficient (Wildman–Crippen LogP) is 2.27. The van der Waals surface area contributed by atoms with Gasteiger partial charge in [0.25, 0.3) is 0 Å². The molecule has 0 saturated heterocycles. The second-order valence-corrected chi connectivity index (χ2v) is 4.09. The largest absolute Gasteiger partial charge is 0.462 e. The zero-order valence-electron chi connectivity index (χ0n) is 10.1. The molecule has 0 fully saturated rings. The molecule has 0 radical (unpaired) electrons. The fourth-order valence-electron chi connectivity index (χ4n) is 1.08. The van der Waals surface area contributed by atoms with E-state index in [1.54, 1.807) is 6.92 Å². The van der Waals surface area contributed by atoms with Gasteiger partial charge in [-0.3, -0.25) is 0 Å². The van der Waals surface area contributed by atoms with Crippen molar-refractivity contribution in [3.63, 3.8) is 0 Å². The van der Waals surface area contributed by atoms with Crippen molar-refractivity contribution in [2.24, 2.45) is 0 Å². The third kappa shape index (κ3) is 9.47. The summed E-state index contributed by atoms with van der Waals surface area (Å²) in [7, 11) is 0. The molecule has 0 rings (SSSR count). The highest BCUT2D eigenvalue weighted by atomic mass is 16.5. The number of rotatable bonds is 8. The maximum Gasteiger partial charge on any atom is 0.333 e. The lowest BCUT2D eigenvalue weighted by molar-refractivity contribution is -0.139. The Bertz CT molecular complexity index is 200. The van der Waals surface area contributed by atoms with E-state index in [9.17, 15) is 4.79 Å². The molecule has 0 saturated carbocycles. The van der Waals surface area contributed by atoms with Crippen molar-refractivity contribution >= 4 is 5.97 Å². The number of carbonyl (C=O) groups is 1. The van der Waals surface area contributed by atoms with E-state index in [2.05, 4.69) is 25.7 Å². The molecule has 3 nitrogen and oxygen atoms in total. The topological polar surface area (TPSA) is 38.3 Å². The van der Waals surface area contributed by atoms with E-state index >= 15 is 0 Å². The van der Waals surface area contributed by atoms with Crippen LogP contribution in [0.1, 0.15) is 40.0 Å². The van der Waals surface area contributed by atoms with Gasteiger partial charge in [0.1, 0.15) is 0 Å². The third-order valence-electron chi connectivity index (χ3n) is 1.96. The van der Waals surface area contributed by atoms with Crippen molar-refractivity contribution in [1.82, 2.24) is 5.32 Å². The van der Waals surface area contributed by atoms with Gasteiger partial charge in [0, 0.05) is 11.6 Å². The molecule has 0 aromatic heterocycles. The number of unbranched alkanes of at least 4 members (excludes halogenated alkanes) is 2. The molecule has 0 spiro atoms. The zero-order valence-corrected chi connectivity index (χ0v) is 10.1. The number of ether oxygens (including phenoxy) is 1. The Morgan fingerprint density at radius 2 is 2.00 bits per heavy atom. The van der Waals surface area contributed by atoms with Gasteiger partial charge in [-0.25, -0.2) is 4.79 Å². The van der Waals surface area contributed by atoms with Crippen LogP contribution in [0.2, 0.25) is 0 Å². The van der Waals surface area contributed by atoms with Crippen LogP contribution in [0.5, 0.6) is 0 Å². The van der Waals surface area contributed by atoms with Crippen LogP contribution in [0.25, 0.3) is 0 Å². The Hall–Kier alpha value is -0.830. The van der Waals surface area contributed by atoms with Crippen LogP contribution in [-0.2, 0) is 9.53 Å². The van der Waals surface area contributed by atoms with Crippen molar-refractivity contribution in [1.29, 1.82) is 0 Å². The monoisotopic (exact) mass is 213 g/mol. The Morgan fingerprint density at radius 3 is 2.53 bits per heavy atom. The van der Waals surface area contributed by atoms with Gasteiger partial charge in [0.15, 0.2) is 0 Å². The quantitative estimate of drug-likeness (QED) is 0.382. The normalized spacial score (nSPS) is 10.4. The van der Waals surface area contributed by atoms with E-state index in [4.69, 9.17) is 4.74 Å². The van der Waals surface area contributed by atoms with Gasteiger partial charge in [0.2, 0.25) is 0 Å². The number of carbonyl (C=O) groups excluding carboxylic acids is 1. The van der Waals surface area contributed by atoms with E-state index in [0.717, 1.165) is 25.8 Å². The van der Waals surface area contributed by atoms with Crippen LogP contribution in [0.4, 0.5) is 0 Å². The molecule has 1 N–H and O–H groups in total. The molecule has 0 heterocycles. The van der Waals surface area contributed by atoms with Crippen molar-refractivity contribution in [2.45, 2.75) is 46.1 Å². The van der Waals surface area contributed by atoms with E-state index in [-0.39, 0.29) is 5.97 Å². The van der Waals surface area contributed by atoms with Crippen LogP contribution in [0, 0.1) is 0 Å². The first kappa shape index (κ1) is 14.2. The standard InChI is InChI=1S/C12H23NO2/c1-10(2)12(14)15-9-7-5-6-8-13-11(3)4/h11,13H,1,5-9H2,2-4H3. The smallest absolute Gasteiger partial charge is 0.333 e. The van der Waals surface area contributed by atoms with E-state index in [1.807, 2.05) is 0 Å². The molecular formula is C12H23NO2. The minimum atomic E-state index is -0.282. The summed E-state index contributed by atoms with van der Waals surface area (Å²) in [5, 5.41) is 3.34. The van der Waals surface area contributed by atoms with E-state index in [0.29, 0.717) is 18.2 Å². The summed E-state index contributed by atoms with van der Waals surface area (Å²) in [4.78, 5) is 11.0. The Morgan fingerprint density at radius 1 is 1.33 bits per heavy atom. The summed E-state index contributed by atoms with van der Waals surface area (Å²) in [6, 6.07) is 0.547. The van der Waals surface area contributed by atoms with Gasteiger partial charge >= 0.3 is 5.97 Å². The van der Waals surface area contributed by atoms with Crippen molar-refractivity contribution < 1.29 is 9.53 Å². The lowest BCUT2D eigenvalue weighted by Crippen LogP contribution is -2.23. The number of esters is 1. The summed E-state index contributed by atoms with van der Waals surface area (Å²) in [6.45, 7) is 11.0. The zero-order chi connectivity index (χ0) is 11.7. The second-order valence-electron chi connectivity index (χ2n) is 4.09. The first-order chi connectivity index (χ1) is 7.04. The highest BCUT2D eigenvalue weighted by Crippen LogP contribution is 1.98. The molecule has 0 aliphatic rings. The van der Waals surface area contributed by atoms with Gasteiger partial charge in [0.05, 0.1) is 6.61 Å². The fourth-order valence-corrected chi connectivity index (χ4v) is 1.08. The van der Waals surface area contributed by atoms with E-state index in [1.165, 1.54) is 0 Å². The van der Waals surface area contributed by atoms with Crippen molar-refractivity contribution in [3.8, 4) is 0 Å². The third-order valence-corrected chi connectivity index (χ3v) is 1.96. The molecule has 0 unspecified atom stereocenters. The lowest BCUT2D eigenvalue weighted by atomic mass is 10.2. The minimum absolute atomic E-state index is 0.282. The Balaban J connectivity index is 3.18. The maximum absolute atomic E-state index is 11.0. The fraction of sp³-hybridized carbons (Fsp3) is 0.750. The predicted molar refractivity (Wildman–Crippen MR) is 62.8 cm³/mol. The molecule has 0 aliphatic carbocycles. The molecule has 88 valence electrons. The molecule has 0 aromatic carbocycles. The highest BCUT2D eigenvalue weighted by molar-refractivity contribution is 5.86. The molecule has 0 amide bonds. The maximum atomic E-state index is 11.0. The Kier molecular flexibility index (Phi) is 8.01. The molecular weight excluding hydrogens is 190 g/mol. The first-order valence-electron chi connectivity index (χ1n) is 5.60. The van der Waals surface area contributed by atoms with Crippen LogP contribution in [-0.4, -0.2) is 25.2 Å². The summed E-state index contributed by atoms with van der Waals surface area (Å²) < 4.78 is 4.97. The van der Waals surface area contributed by atoms with Gasteiger partial charge in [-0.1, -0.05) is 20.4 Å². The van der Waals surface area contributed by atoms with Crippen LogP contribution in [0.3, 0.4) is 0 Å². The summed E-state index contributed by atoms with van der Waals surface area (Å²) in [6.07, 6.45) is 3.14. The second kappa shape index (κ2) is 8.48. The molecule has 15 heavy (non-hydrogen) atoms. The summed E-state index contributed by atoms with van der Waals surface area (Å²) >= 11 is 0. The van der Waals surface area contributed by atoms with E-state index < -0.39 is 0 Å². The molecule has 0 atom stereocenters. The van der Waals surface area contributed by atoms with Crippen molar-refractivity contribution in [2.75, 3.05) is 13.2 Å². The molecule has 0 bridgehead atoms. The van der Waals surface area contributed by atoms with Gasteiger partial charge < -0.3 is 10.1 Å². The van der Waals surface area contributed by atoms with Crippen LogP contribution in [0.15, 0.2) is 12.2 Å². The number of nitrogens with one attached hydrogen (secondary N) is 1.